The SMILES string of the molecule is Cc1nnc(C2CNCCO2)n1CC(C)O. The summed E-state index contributed by atoms with van der Waals surface area (Å²) in [7, 11) is 0. The van der Waals surface area contributed by atoms with E-state index in [2.05, 4.69) is 15.5 Å². The van der Waals surface area contributed by atoms with Gasteiger partial charge in [-0.2, -0.15) is 0 Å². The third kappa shape index (κ3) is 2.40. The van der Waals surface area contributed by atoms with Crippen LogP contribution in [0.2, 0.25) is 0 Å². The molecule has 2 rings (SSSR count). The van der Waals surface area contributed by atoms with Crippen LogP contribution >= 0.6 is 0 Å². The number of morpholine rings is 1. The zero-order valence-electron chi connectivity index (χ0n) is 9.68. The molecule has 6 nitrogen and oxygen atoms in total. The van der Waals surface area contributed by atoms with Crippen molar-refractivity contribution in [1.82, 2.24) is 20.1 Å². The van der Waals surface area contributed by atoms with Crippen molar-refractivity contribution in [2.24, 2.45) is 0 Å². The van der Waals surface area contributed by atoms with Crippen LogP contribution < -0.4 is 5.32 Å². The highest BCUT2D eigenvalue weighted by Crippen LogP contribution is 2.17. The summed E-state index contributed by atoms with van der Waals surface area (Å²) in [5.41, 5.74) is 0. The number of aliphatic hydroxyl groups is 1. The Morgan fingerprint density at radius 3 is 3.06 bits per heavy atom. The second-order valence-corrected chi connectivity index (χ2v) is 4.13. The van der Waals surface area contributed by atoms with Crippen LogP contribution in [0.5, 0.6) is 0 Å². The van der Waals surface area contributed by atoms with Gasteiger partial charge in [-0.25, -0.2) is 0 Å². The Labute approximate surface area is 94.6 Å². The number of hydrogen-bond donors (Lipinski definition) is 2. The number of ether oxygens (including phenoxy) is 1. The van der Waals surface area contributed by atoms with E-state index in [0.29, 0.717) is 13.2 Å². The molecule has 0 radical (unpaired) electrons. The van der Waals surface area contributed by atoms with Crippen molar-refractivity contribution in [3.05, 3.63) is 11.6 Å². The third-order valence-electron chi connectivity index (χ3n) is 2.63. The smallest absolute Gasteiger partial charge is 0.163 e. The Hall–Kier alpha value is -0.980. The molecule has 2 N–H and O–H groups in total. The maximum atomic E-state index is 9.44. The zero-order valence-corrected chi connectivity index (χ0v) is 9.68. The summed E-state index contributed by atoms with van der Waals surface area (Å²) < 4.78 is 7.55. The molecule has 1 aromatic heterocycles. The van der Waals surface area contributed by atoms with Crippen LogP contribution in [0, 0.1) is 6.92 Å². The van der Waals surface area contributed by atoms with E-state index in [4.69, 9.17) is 4.74 Å². The lowest BCUT2D eigenvalue weighted by atomic mass is 10.2. The van der Waals surface area contributed by atoms with E-state index in [1.807, 2.05) is 11.5 Å². The van der Waals surface area contributed by atoms with Gasteiger partial charge in [0.2, 0.25) is 0 Å². The van der Waals surface area contributed by atoms with Crippen molar-refractivity contribution in [1.29, 1.82) is 0 Å². The van der Waals surface area contributed by atoms with Gasteiger partial charge < -0.3 is 19.7 Å². The molecule has 0 aliphatic carbocycles. The number of nitrogens with one attached hydrogen (secondary N) is 1. The lowest BCUT2D eigenvalue weighted by Gasteiger charge is -2.23. The first-order valence-electron chi connectivity index (χ1n) is 5.58. The summed E-state index contributed by atoms with van der Waals surface area (Å²) in [5.74, 6) is 1.61. The fourth-order valence-corrected chi connectivity index (χ4v) is 1.86. The highest BCUT2D eigenvalue weighted by Gasteiger charge is 2.23. The molecule has 1 saturated heterocycles. The molecule has 1 aliphatic rings. The Morgan fingerprint density at radius 1 is 1.62 bits per heavy atom. The molecule has 6 heteroatoms. The lowest BCUT2D eigenvalue weighted by molar-refractivity contribution is 0.0184. The number of rotatable bonds is 3. The highest BCUT2D eigenvalue weighted by atomic mass is 16.5. The van der Waals surface area contributed by atoms with Crippen molar-refractivity contribution < 1.29 is 9.84 Å². The number of nitrogens with zero attached hydrogens (tertiary/aromatic N) is 3. The largest absolute Gasteiger partial charge is 0.392 e. The molecule has 2 unspecified atom stereocenters. The highest BCUT2D eigenvalue weighted by molar-refractivity contribution is 5.00. The summed E-state index contributed by atoms with van der Waals surface area (Å²) in [5, 5.41) is 20.9. The predicted octanol–water partition coefficient (Wildman–Crippen LogP) is -0.372. The lowest BCUT2D eigenvalue weighted by Crippen LogP contribution is -2.35. The molecule has 0 amide bonds. The van der Waals surface area contributed by atoms with Gasteiger partial charge in [0.05, 0.1) is 19.3 Å². The summed E-state index contributed by atoms with van der Waals surface area (Å²) in [6.07, 6.45) is -0.473. The van der Waals surface area contributed by atoms with Crippen molar-refractivity contribution in [3.63, 3.8) is 0 Å². The van der Waals surface area contributed by atoms with Crippen LogP contribution in [0.15, 0.2) is 0 Å². The Kier molecular flexibility index (Phi) is 3.52. The van der Waals surface area contributed by atoms with Gasteiger partial charge in [0, 0.05) is 13.1 Å². The van der Waals surface area contributed by atoms with Gasteiger partial charge in [-0.1, -0.05) is 0 Å². The molecule has 90 valence electrons. The molecule has 2 heterocycles. The van der Waals surface area contributed by atoms with Gasteiger partial charge in [0.15, 0.2) is 5.82 Å². The van der Waals surface area contributed by atoms with Crippen molar-refractivity contribution in [2.75, 3.05) is 19.7 Å². The monoisotopic (exact) mass is 226 g/mol. The van der Waals surface area contributed by atoms with E-state index in [1.165, 1.54) is 0 Å². The van der Waals surface area contributed by atoms with Crippen LogP contribution in [0.25, 0.3) is 0 Å². The quantitative estimate of drug-likeness (QED) is 0.735. The first-order valence-corrected chi connectivity index (χ1v) is 5.58. The molecular formula is C10H18N4O2. The van der Waals surface area contributed by atoms with Crippen molar-refractivity contribution in [3.8, 4) is 0 Å². The second kappa shape index (κ2) is 4.90. The fraction of sp³-hybridized carbons (Fsp3) is 0.800. The van der Waals surface area contributed by atoms with Crippen molar-refractivity contribution >= 4 is 0 Å². The minimum Gasteiger partial charge on any atom is -0.392 e. The average molecular weight is 226 g/mol. The van der Waals surface area contributed by atoms with Gasteiger partial charge >= 0.3 is 0 Å². The molecule has 1 fully saturated rings. The van der Waals surface area contributed by atoms with E-state index >= 15 is 0 Å². The topological polar surface area (TPSA) is 72.2 Å². The zero-order chi connectivity index (χ0) is 11.5. The standard InChI is InChI=1S/C10H18N4O2/c1-7(15)6-14-8(2)12-13-10(14)9-5-11-3-4-16-9/h7,9,11,15H,3-6H2,1-2H3. The van der Waals surface area contributed by atoms with Crippen LogP contribution in [0.4, 0.5) is 0 Å². The average Bonchev–Trinajstić information content (AvgIpc) is 2.61. The molecule has 0 aromatic carbocycles. The van der Waals surface area contributed by atoms with Crippen LogP contribution in [-0.2, 0) is 11.3 Å². The first kappa shape index (κ1) is 11.5. The molecule has 1 aliphatic heterocycles. The molecule has 1 aromatic rings. The molecule has 0 spiro atoms. The van der Waals surface area contributed by atoms with E-state index < -0.39 is 6.10 Å². The van der Waals surface area contributed by atoms with Crippen LogP contribution in [-0.4, -0.2) is 45.7 Å². The molecule has 2 atom stereocenters. The second-order valence-electron chi connectivity index (χ2n) is 4.13. The van der Waals surface area contributed by atoms with Gasteiger partial charge in [-0.15, -0.1) is 10.2 Å². The number of aromatic nitrogens is 3. The van der Waals surface area contributed by atoms with Gasteiger partial charge in [0.1, 0.15) is 11.9 Å². The third-order valence-corrected chi connectivity index (χ3v) is 2.63. The maximum absolute atomic E-state index is 9.44. The van der Waals surface area contributed by atoms with E-state index in [-0.39, 0.29) is 6.10 Å². The van der Waals surface area contributed by atoms with Crippen molar-refractivity contribution in [2.45, 2.75) is 32.6 Å². The fourth-order valence-electron chi connectivity index (χ4n) is 1.86. The molecule has 16 heavy (non-hydrogen) atoms. The van der Waals surface area contributed by atoms with Crippen LogP contribution in [0.3, 0.4) is 0 Å². The molecule has 0 bridgehead atoms. The summed E-state index contributed by atoms with van der Waals surface area (Å²) in [6, 6.07) is 0. The Balaban J connectivity index is 2.18. The van der Waals surface area contributed by atoms with Gasteiger partial charge in [-0.3, -0.25) is 0 Å². The van der Waals surface area contributed by atoms with E-state index in [0.717, 1.165) is 24.7 Å². The number of aryl methyl sites for hydroxylation is 1. The predicted molar refractivity (Wildman–Crippen MR) is 58.0 cm³/mol. The Morgan fingerprint density at radius 2 is 2.44 bits per heavy atom. The normalized spacial score (nSPS) is 23.3. The minimum atomic E-state index is -0.412. The molecule has 0 saturated carbocycles. The molecular weight excluding hydrogens is 208 g/mol. The first-order chi connectivity index (χ1) is 7.68. The minimum absolute atomic E-state index is 0.0614. The number of hydrogen-bond acceptors (Lipinski definition) is 5. The number of aliphatic hydroxyl groups excluding tert-OH is 1. The summed E-state index contributed by atoms with van der Waals surface area (Å²) >= 11 is 0. The maximum Gasteiger partial charge on any atom is 0.163 e. The van der Waals surface area contributed by atoms with Crippen LogP contribution in [0.1, 0.15) is 24.7 Å². The van der Waals surface area contributed by atoms with Gasteiger partial charge in [0.25, 0.3) is 0 Å². The van der Waals surface area contributed by atoms with E-state index in [9.17, 15) is 5.11 Å². The van der Waals surface area contributed by atoms with Gasteiger partial charge in [-0.05, 0) is 13.8 Å². The summed E-state index contributed by atoms with van der Waals surface area (Å²) in [4.78, 5) is 0. The summed E-state index contributed by atoms with van der Waals surface area (Å²) in [6.45, 7) is 6.45. The van der Waals surface area contributed by atoms with E-state index in [1.54, 1.807) is 6.92 Å². The Bertz CT molecular complexity index is 345.